The van der Waals surface area contributed by atoms with E-state index in [2.05, 4.69) is 0 Å². The zero-order chi connectivity index (χ0) is 13.3. The summed E-state index contributed by atoms with van der Waals surface area (Å²) in [5.41, 5.74) is 0.783. The fraction of sp³-hybridized carbons (Fsp3) is 0.538. The fourth-order valence-electron chi connectivity index (χ4n) is 2.28. The van der Waals surface area contributed by atoms with E-state index in [1.165, 1.54) is 13.2 Å². The Bertz CT molecular complexity index is 466. The number of nitrogens with zero attached hydrogens (tertiary/aromatic N) is 1. The van der Waals surface area contributed by atoms with E-state index in [-0.39, 0.29) is 17.2 Å². The van der Waals surface area contributed by atoms with Gasteiger partial charge in [0.05, 0.1) is 24.2 Å². The van der Waals surface area contributed by atoms with Gasteiger partial charge in [0, 0.05) is 11.5 Å². The van der Waals surface area contributed by atoms with E-state index < -0.39 is 4.92 Å². The van der Waals surface area contributed by atoms with Gasteiger partial charge in [-0.15, -0.1) is 0 Å². The average molecular weight is 251 g/mol. The molecule has 1 atom stereocenters. The lowest BCUT2D eigenvalue weighted by Crippen LogP contribution is -2.20. The normalized spacial score (nSPS) is 18.2. The monoisotopic (exact) mass is 251 g/mol. The number of rotatable bonds is 5. The maximum Gasteiger partial charge on any atom is 0.273 e. The van der Waals surface area contributed by atoms with E-state index in [0.717, 1.165) is 18.4 Å². The minimum atomic E-state index is -0.423. The van der Waals surface area contributed by atoms with Crippen molar-refractivity contribution in [1.82, 2.24) is 0 Å². The van der Waals surface area contributed by atoms with Crippen LogP contribution in [0.15, 0.2) is 18.2 Å². The highest BCUT2D eigenvalue weighted by atomic mass is 16.6. The molecule has 0 radical (unpaired) electrons. The van der Waals surface area contributed by atoms with Crippen LogP contribution >= 0.6 is 0 Å². The lowest BCUT2D eigenvalue weighted by molar-refractivity contribution is -0.385. The number of benzene rings is 1. The number of ether oxygens (including phenoxy) is 1. The minimum absolute atomic E-state index is 0.0331. The molecule has 0 spiro atoms. The van der Waals surface area contributed by atoms with Crippen molar-refractivity contribution in [1.29, 1.82) is 0 Å². The molecular formula is C13H17NO4. The molecule has 1 fully saturated rings. The molecule has 1 unspecified atom stereocenters. The van der Waals surface area contributed by atoms with Crippen LogP contribution in [0.25, 0.3) is 0 Å². The van der Waals surface area contributed by atoms with Gasteiger partial charge in [0.2, 0.25) is 0 Å². The highest BCUT2D eigenvalue weighted by Gasteiger charge is 2.46. The summed E-state index contributed by atoms with van der Waals surface area (Å²) < 4.78 is 5.07. The van der Waals surface area contributed by atoms with Gasteiger partial charge in [0.15, 0.2) is 0 Å². The van der Waals surface area contributed by atoms with Gasteiger partial charge < -0.3 is 9.84 Å². The van der Waals surface area contributed by atoms with Gasteiger partial charge in [-0.1, -0.05) is 0 Å². The first-order valence-corrected chi connectivity index (χ1v) is 5.97. The van der Waals surface area contributed by atoms with Crippen molar-refractivity contribution in [3.8, 4) is 5.75 Å². The Morgan fingerprint density at radius 2 is 2.17 bits per heavy atom. The van der Waals surface area contributed by atoms with Crippen LogP contribution in [0.4, 0.5) is 5.69 Å². The molecule has 1 aliphatic carbocycles. The predicted molar refractivity (Wildman–Crippen MR) is 66.7 cm³/mol. The van der Waals surface area contributed by atoms with Gasteiger partial charge in [-0.25, -0.2) is 0 Å². The molecule has 0 aromatic heterocycles. The summed E-state index contributed by atoms with van der Waals surface area (Å²) in [6, 6.07) is 4.77. The first-order valence-electron chi connectivity index (χ1n) is 5.97. The number of nitro benzene ring substituents is 1. The van der Waals surface area contributed by atoms with Gasteiger partial charge in [-0.3, -0.25) is 10.1 Å². The van der Waals surface area contributed by atoms with E-state index in [4.69, 9.17) is 4.74 Å². The molecule has 5 nitrogen and oxygen atoms in total. The maximum atomic E-state index is 10.8. The van der Waals surface area contributed by atoms with Crippen molar-refractivity contribution in [3.63, 3.8) is 0 Å². The van der Waals surface area contributed by atoms with Crippen LogP contribution in [0.3, 0.4) is 0 Å². The Balaban J connectivity index is 2.27. The summed E-state index contributed by atoms with van der Waals surface area (Å²) in [7, 11) is 1.49. The Morgan fingerprint density at radius 3 is 2.61 bits per heavy atom. The summed E-state index contributed by atoms with van der Waals surface area (Å²) in [5.74, 6) is 0.487. The van der Waals surface area contributed by atoms with E-state index in [1.807, 2.05) is 0 Å². The average Bonchev–Trinajstić information content (AvgIpc) is 3.09. The summed E-state index contributed by atoms with van der Waals surface area (Å²) in [5, 5.41) is 20.6. The molecule has 0 heterocycles. The molecule has 5 heteroatoms. The van der Waals surface area contributed by atoms with Crippen molar-refractivity contribution in [2.24, 2.45) is 5.41 Å². The standard InChI is InChI=1S/C13H17NO4/c1-9(15)13(3-4-13)8-10-5-11(14(16)17)7-12(6-10)18-2/h5-7,9,15H,3-4,8H2,1-2H3. The van der Waals surface area contributed by atoms with E-state index in [0.29, 0.717) is 12.2 Å². The molecule has 0 saturated heterocycles. The minimum Gasteiger partial charge on any atom is -0.496 e. The Labute approximate surface area is 106 Å². The summed E-state index contributed by atoms with van der Waals surface area (Å²) >= 11 is 0. The van der Waals surface area contributed by atoms with Crippen molar-refractivity contribution >= 4 is 5.69 Å². The van der Waals surface area contributed by atoms with Crippen molar-refractivity contribution < 1.29 is 14.8 Å². The number of methoxy groups -OCH3 is 1. The number of aliphatic hydroxyl groups is 1. The second kappa shape index (κ2) is 4.57. The summed E-state index contributed by atoms with van der Waals surface area (Å²) in [6.45, 7) is 1.78. The van der Waals surface area contributed by atoms with Gasteiger partial charge in [-0.05, 0) is 37.8 Å². The van der Waals surface area contributed by atoms with Crippen LogP contribution in [0, 0.1) is 15.5 Å². The SMILES string of the molecule is COc1cc(CC2(C(C)O)CC2)cc([N+](=O)[O-])c1. The quantitative estimate of drug-likeness (QED) is 0.643. The summed E-state index contributed by atoms with van der Waals surface area (Å²) in [4.78, 5) is 10.4. The van der Waals surface area contributed by atoms with E-state index >= 15 is 0 Å². The van der Waals surface area contributed by atoms with Crippen LogP contribution in [-0.4, -0.2) is 23.2 Å². The number of hydrogen-bond acceptors (Lipinski definition) is 4. The topological polar surface area (TPSA) is 72.6 Å². The van der Waals surface area contributed by atoms with Gasteiger partial charge in [0.1, 0.15) is 5.75 Å². The zero-order valence-electron chi connectivity index (χ0n) is 10.5. The van der Waals surface area contributed by atoms with Crippen LogP contribution in [0.2, 0.25) is 0 Å². The van der Waals surface area contributed by atoms with Gasteiger partial charge in [0.25, 0.3) is 5.69 Å². The number of nitro groups is 1. The molecular weight excluding hydrogens is 234 g/mol. The number of hydrogen-bond donors (Lipinski definition) is 1. The van der Waals surface area contributed by atoms with Gasteiger partial charge in [-0.2, -0.15) is 0 Å². The smallest absolute Gasteiger partial charge is 0.273 e. The lowest BCUT2D eigenvalue weighted by Gasteiger charge is -2.18. The molecule has 1 aliphatic rings. The largest absolute Gasteiger partial charge is 0.496 e. The van der Waals surface area contributed by atoms with Gasteiger partial charge >= 0.3 is 0 Å². The zero-order valence-corrected chi connectivity index (χ0v) is 10.5. The van der Waals surface area contributed by atoms with E-state index in [9.17, 15) is 15.2 Å². The van der Waals surface area contributed by atoms with Crippen LogP contribution < -0.4 is 4.74 Å². The fourth-order valence-corrected chi connectivity index (χ4v) is 2.28. The molecule has 18 heavy (non-hydrogen) atoms. The molecule has 1 aromatic carbocycles. The van der Waals surface area contributed by atoms with Crippen molar-refractivity contribution in [2.45, 2.75) is 32.3 Å². The first-order chi connectivity index (χ1) is 8.47. The number of aliphatic hydroxyl groups excluding tert-OH is 1. The Hall–Kier alpha value is -1.62. The van der Waals surface area contributed by atoms with Crippen LogP contribution in [0.5, 0.6) is 5.75 Å². The molecule has 98 valence electrons. The van der Waals surface area contributed by atoms with Crippen molar-refractivity contribution in [2.75, 3.05) is 7.11 Å². The highest BCUT2D eigenvalue weighted by molar-refractivity contribution is 5.43. The Kier molecular flexibility index (Phi) is 3.26. The van der Waals surface area contributed by atoms with Crippen LogP contribution in [0.1, 0.15) is 25.3 Å². The second-order valence-electron chi connectivity index (χ2n) is 5.01. The number of non-ortho nitro benzene ring substituents is 1. The third-order valence-corrected chi connectivity index (χ3v) is 3.73. The first kappa shape index (κ1) is 12.8. The van der Waals surface area contributed by atoms with Crippen molar-refractivity contribution in [3.05, 3.63) is 33.9 Å². The maximum absolute atomic E-state index is 10.8. The molecule has 1 saturated carbocycles. The highest BCUT2D eigenvalue weighted by Crippen LogP contribution is 2.51. The van der Waals surface area contributed by atoms with E-state index in [1.54, 1.807) is 19.1 Å². The molecule has 0 aliphatic heterocycles. The molecule has 2 rings (SSSR count). The third kappa shape index (κ3) is 2.46. The molecule has 0 bridgehead atoms. The molecule has 1 aromatic rings. The predicted octanol–water partition coefficient (Wildman–Crippen LogP) is 2.31. The Morgan fingerprint density at radius 1 is 1.50 bits per heavy atom. The lowest BCUT2D eigenvalue weighted by atomic mass is 9.91. The molecule has 0 amide bonds. The molecule has 1 N–H and O–H groups in total. The summed E-state index contributed by atoms with van der Waals surface area (Å²) in [6.07, 6.45) is 2.20. The second-order valence-corrected chi connectivity index (χ2v) is 5.01. The third-order valence-electron chi connectivity index (χ3n) is 3.73. The van der Waals surface area contributed by atoms with Crippen LogP contribution in [-0.2, 0) is 6.42 Å².